The van der Waals surface area contributed by atoms with Crippen LogP contribution in [0.25, 0.3) is 0 Å². The molecule has 3 rings (SSSR count). The quantitative estimate of drug-likeness (QED) is 0.925. The third-order valence-corrected chi connectivity index (χ3v) is 4.62. The van der Waals surface area contributed by atoms with Crippen LogP contribution in [0.2, 0.25) is 5.02 Å². The molecule has 5 nitrogen and oxygen atoms in total. The number of hydrogen-bond donors (Lipinski definition) is 1. The van der Waals surface area contributed by atoms with Crippen LogP contribution in [0, 0.1) is 5.92 Å². The Bertz CT molecular complexity index is 734. The number of aliphatic carboxylic acids is 1. The average Bonchev–Trinajstić information content (AvgIpc) is 3.02. The molecule has 2 aromatic rings. The van der Waals surface area contributed by atoms with Crippen LogP contribution in [0.3, 0.4) is 0 Å². The number of carboxylic acids is 1. The normalized spacial score (nSPS) is 20.1. The van der Waals surface area contributed by atoms with Crippen molar-refractivity contribution in [2.24, 2.45) is 5.92 Å². The molecule has 124 valence electrons. The molecule has 0 bridgehead atoms. The molecule has 1 amide bonds. The zero-order valence-electron chi connectivity index (χ0n) is 12.9. The second-order valence-corrected chi connectivity index (χ2v) is 6.38. The van der Waals surface area contributed by atoms with Gasteiger partial charge in [0.05, 0.1) is 12.3 Å². The largest absolute Gasteiger partial charge is 0.481 e. The summed E-state index contributed by atoms with van der Waals surface area (Å²) < 4.78 is 0. The van der Waals surface area contributed by atoms with E-state index < -0.39 is 11.9 Å². The number of hydrogen-bond acceptors (Lipinski definition) is 3. The van der Waals surface area contributed by atoms with Gasteiger partial charge in [-0.3, -0.25) is 14.6 Å². The number of likely N-dealkylation sites (tertiary alicyclic amines) is 1. The molecular weight excluding hydrogens is 328 g/mol. The van der Waals surface area contributed by atoms with Crippen molar-refractivity contribution in [1.29, 1.82) is 0 Å². The summed E-state index contributed by atoms with van der Waals surface area (Å²) >= 11 is 5.90. The average molecular weight is 345 g/mol. The summed E-state index contributed by atoms with van der Waals surface area (Å²) in [5.41, 5.74) is 1.72. The molecule has 0 unspecified atom stereocenters. The molecule has 1 aliphatic heterocycles. The Morgan fingerprint density at radius 2 is 1.96 bits per heavy atom. The van der Waals surface area contributed by atoms with Gasteiger partial charge in [0, 0.05) is 36.4 Å². The highest BCUT2D eigenvalue weighted by Crippen LogP contribution is 2.33. The highest BCUT2D eigenvalue weighted by Gasteiger charge is 2.40. The van der Waals surface area contributed by atoms with Crippen molar-refractivity contribution in [3.8, 4) is 0 Å². The van der Waals surface area contributed by atoms with Crippen molar-refractivity contribution >= 4 is 23.5 Å². The van der Waals surface area contributed by atoms with E-state index in [0.717, 1.165) is 11.1 Å². The second kappa shape index (κ2) is 7.01. The summed E-state index contributed by atoms with van der Waals surface area (Å²) in [4.78, 5) is 29.7. The Balaban J connectivity index is 1.76. The van der Waals surface area contributed by atoms with Crippen LogP contribution in [-0.4, -0.2) is 40.0 Å². The van der Waals surface area contributed by atoms with E-state index in [9.17, 15) is 14.7 Å². The summed E-state index contributed by atoms with van der Waals surface area (Å²) in [6, 6.07) is 10.8. The third kappa shape index (κ3) is 3.57. The smallest absolute Gasteiger partial charge is 0.308 e. The zero-order chi connectivity index (χ0) is 17.1. The maximum Gasteiger partial charge on any atom is 0.308 e. The van der Waals surface area contributed by atoms with Gasteiger partial charge < -0.3 is 10.0 Å². The van der Waals surface area contributed by atoms with E-state index in [1.807, 2.05) is 18.2 Å². The third-order valence-electron chi connectivity index (χ3n) is 4.37. The summed E-state index contributed by atoms with van der Waals surface area (Å²) in [5.74, 6) is -1.79. The fraction of sp³-hybridized carbons (Fsp3) is 0.278. The summed E-state index contributed by atoms with van der Waals surface area (Å²) in [6.07, 6.45) is 3.54. The minimum atomic E-state index is -0.883. The molecule has 0 aliphatic carbocycles. The van der Waals surface area contributed by atoms with Gasteiger partial charge in [0.1, 0.15) is 0 Å². The molecule has 1 aromatic carbocycles. The van der Waals surface area contributed by atoms with E-state index in [-0.39, 0.29) is 24.8 Å². The molecular formula is C18H17ClN2O3. The predicted molar refractivity (Wildman–Crippen MR) is 89.8 cm³/mol. The SMILES string of the molecule is O=C(O)[C@@H]1CN(C(=O)Cc2cccnc2)C[C@H]1c1ccc(Cl)cc1. The van der Waals surface area contributed by atoms with E-state index in [4.69, 9.17) is 11.6 Å². The first-order valence-electron chi connectivity index (χ1n) is 7.69. The molecule has 2 atom stereocenters. The number of nitrogens with zero attached hydrogens (tertiary/aromatic N) is 2. The second-order valence-electron chi connectivity index (χ2n) is 5.94. The first-order valence-corrected chi connectivity index (χ1v) is 8.07. The van der Waals surface area contributed by atoms with Crippen LogP contribution in [0.15, 0.2) is 48.8 Å². The number of rotatable bonds is 4. The Morgan fingerprint density at radius 3 is 2.58 bits per heavy atom. The number of carbonyl (C=O) groups is 2. The fourth-order valence-corrected chi connectivity index (χ4v) is 3.22. The number of aromatic nitrogens is 1. The number of pyridine rings is 1. The number of benzene rings is 1. The molecule has 1 aliphatic rings. The molecule has 1 fully saturated rings. The summed E-state index contributed by atoms with van der Waals surface area (Å²) in [5, 5.41) is 10.1. The van der Waals surface area contributed by atoms with E-state index in [0.29, 0.717) is 11.6 Å². The highest BCUT2D eigenvalue weighted by atomic mass is 35.5. The van der Waals surface area contributed by atoms with Gasteiger partial charge in [-0.2, -0.15) is 0 Å². The van der Waals surface area contributed by atoms with Gasteiger partial charge in [-0.1, -0.05) is 29.8 Å². The first kappa shape index (κ1) is 16.5. The van der Waals surface area contributed by atoms with E-state index in [1.54, 1.807) is 35.5 Å². The number of amides is 1. The van der Waals surface area contributed by atoms with E-state index >= 15 is 0 Å². The summed E-state index contributed by atoms with van der Waals surface area (Å²) in [6.45, 7) is 0.624. The topological polar surface area (TPSA) is 70.5 Å². The zero-order valence-corrected chi connectivity index (χ0v) is 13.7. The lowest BCUT2D eigenvalue weighted by molar-refractivity contribution is -0.141. The van der Waals surface area contributed by atoms with Crippen molar-refractivity contribution in [1.82, 2.24) is 9.88 Å². The van der Waals surface area contributed by atoms with Crippen molar-refractivity contribution in [2.45, 2.75) is 12.3 Å². The van der Waals surface area contributed by atoms with Crippen molar-refractivity contribution in [2.75, 3.05) is 13.1 Å². The van der Waals surface area contributed by atoms with E-state index in [1.165, 1.54) is 0 Å². The molecule has 1 saturated heterocycles. The van der Waals surface area contributed by atoms with Crippen molar-refractivity contribution in [3.05, 3.63) is 64.9 Å². The molecule has 1 aromatic heterocycles. The Morgan fingerprint density at radius 1 is 1.21 bits per heavy atom. The minimum Gasteiger partial charge on any atom is -0.481 e. The first-order chi connectivity index (χ1) is 11.5. The van der Waals surface area contributed by atoms with Crippen LogP contribution < -0.4 is 0 Å². The lowest BCUT2D eigenvalue weighted by Crippen LogP contribution is -2.31. The van der Waals surface area contributed by atoms with Crippen molar-refractivity contribution in [3.63, 3.8) is 0 Å². The van der Waals surface area contributed by atoms with Crippen LogP contribution in [-0.2, 0) is 16.0 Å². The molecule has 1 N–H and O–H groups in total. The molecule has 6 heteroatoms. The molecule has 0 saturated carbocycles. The van der Waals surface area contributed by atoms with Gasteiger partial charge in [-0.25, -0.2) is 0 Å². The van der Waals surface area contributed by atoms with Gasteiger partial charge in [-0.15, -0.1) is 0 Å². The van der Waals surface area contributed by atoms with Crippen LogP contribution in [0.5, 0.6) is 0 Å². The number of carboxylic acid groups (broad SMARTS) is 1. The Labute approximate surface area is 144 Å². The van der Waals surface area contributed by atoms with Crippen LogP contribution in [0.4, 0.5) is 0 Å². The highest BCUT2D eigenvalue weighted by molar-refractivity contribution is 6.30. The lowest BCUT2D eigenvalue weighted by Gasteiger charge is -2.16. The number of halogens is 1. The van der Waals surface area contributed by atoms with Crippen molar-refractivity contribution < 1.29 is 14.7 Å². The number of carbonyl (C=O) groups excluding carboxylic acids is 1. The van der Waals surface area contributed by atoms with Gasteiger partial charge in [0.2, 0.25) is 5.91 Å². The van der Waals surface area contributed by atoms with Gasteiger partial charge >= 0.3 is 5.97 Å². The maximum atomic E-state index is 12.5. The van der Waals surface area contributed by atoms with Gasteiger partial charge in [0.25, 0.3) is 0 Å². The fourth-order valence-electron chi connectivity index (χ4n) is 3.09. The van der Waals surface area contributed by atoms with Gasteiger partial charge in [-0.05, 0) is 29.3 Å². The van der Waals surface area contributed by atoms with Gasteiger partial charge in [0.15, 0.2) is 0 Å². The lowest BCUT2D eigenvalue weighted by atomic mass is 9.89. The molecule has 0 radical (unpaired) electrons. The summed E-state index contributed by atoms with van der Waals surface area (Å²) in [7, 11) is 0. The molecule has 0 spiro atoms. The molecule has 24 heavy (non-hydrogen) atoms. The molecule has 2 heterocycles. The standard InChI is InChI=1S/C18H17ClN2O3/c19-14-5-3-13(4-6-14)15-10-21(11-16(15)18(23)24)17(22)8-12-2-1-7-20-9-12/h1-7,9,15-16H,8,10-11H2,(H,23,24)/t15-,16+/m0/s1. The van der Waals surface area contributed by atoms with E-state index in [2.05, 4.69) is 4.98 Å². The van der Waals surface area contributed by atoms with Crippen LogP contribution >= 0.6 is 11.6 Å². The van der Waals surface area contributed by atoms with Crippen LogP contribution in [0.1, 0.15) is 17.0 Å². The Hall–Kier alpha value is -2.40. The monoisotopic (exact) mass is 344 g/mol. The predicted octanol–water partition coefficient (Wildman–Crippen LogP) is 2.60. The maximum absolute atomic E-state index is 12.5. The Kier molecular flexibility index (Phi) is 4.81. The minimum absolute atomic E-state index is 0.0780.